The van der Waals surface area contributed by atoms with Crippen LogP contribution in [-0.4, -0.2) is 16.0 Å². The molecular weight excluding hydrogens is 367 g/mol. The molecule has 3 aromatic rings. The summed E-state index contributed by atoms with van der Waals surface area (Å²) in [6.45, 7) is 1.82. The lowest BCUT2D eigenvalue weighted by Gasteiger charge is -2.24. The van der Waals surface area contributed by atoms with Crippen LogP contribution >= 0.6 is 11.6 Å². The molecule has 7 heteroatoms. The number of aryl methyl sites for hydroxylation is 1. The zero-order valence-corrected chi connectivity index (χ0v) is 15.0. The van der Waals surface area contributed by atoms with E-state index in [0.29, 0.717) is 39.0 Å². The molecule has 4 rings (SSSR count). The molecule has 0 saturated heterocycles. The standard InChI is InChI=1S/C20H14ClFN4O/c1-11-17-18(12-2-4-13(21)5-3-12)16(10-23)19(24)27-20(17)26(25-11)15-8-6-14(22)7-9-15/h2-9,19H,24H2,1H3. The lowest BCUT2D eigenvalue weighted by Crippen LogP contribution is -2.33. The van der Waals surface area contributed by atoms with Crippen molar-refractivity contribution < 1.29 is 9.13 Å². The molecule has 0 radical (unpaired) electrons. The van der Waals surface area contributed by atoms with Crippen molar-refractivity contribution in [3.63, 3.8) is 0 Å². The van der Waals surface area contributed by atoms with Gasteiger partial charge in [-0.15, -0.1) is 0 Å². The monoisotopic (exact) mass is 380 g/mol. The second kappa shape index (κ2) is 6.54. The van der Waals surface area contributed by atoms with Gasteiger partial charge in [0.15, 0.2) is 6.23 Å². The quantitative estimate of drug-likeness (QED) is 0.729. The fourth-order valence-corrected chi connectivity index (χ4v) is 3.28. The van der Waals surface area contributed by atoms with Crippen LogP contribution in [0.4, 0.5) is 4.39 Å². The molecule has 5 nitrogen and oxygen atoms in total. The summed E-state index contributed by atoms with van der Waals surface area (Å²) in [5, 5.41) is 14.8. The van der Waals surface area contributed by atoms with Crippen LogP contribution in [0.5, 0.6) is 5.88 Å². The number of nitrogens with zero attached hydrogens (tertiary/aromatic N) is 3. The summed E-state index contributed by atoms with van der Waals surface area (Å²) < 4.78 is 20.7. The van der Waals surface area contributed by atoms with Gasteiger partial charge in [0.05, 0.1) is 22.5 Å². The van der Waals surface area contributed by atoms with Crippen LogP contribution in [0.25, 0.3) is 11.3 Å². The minimum atomic E-state index is -0.941. The van der Waals surface area contributed by atoms with Crippen molar-refractivity contribution in [1.29, 1.82) is 5.26 Å². The molecule has 1 aliphatic rings. The van der Waals surface area contributed by atoms with Crippen LogP contribution in [0.3, 0.4) is 0 Å². The van der Waals surface area contributed by atoms with Gasteiger partial charge in [0.1, 0.15) is 11.9 Å². The highest BCUT2D eigenvalue weighted by atomic mass is 35.5. The van der Waals surface area contributed by atoms with E-state index in [1.54, 1.807) is 28.9 Å². The molecule has 0 fully saturated rings. The predicted molar refractivity (Wildman–Crippen MR) is 99.9 cm³/mol. The van der Waals surface area contributed by atoms with Crippen LogP contribution in [-0.2, 0) is 0 Å². The molecule has 0 bridgehead atoms. The fourth-order valence-electron chi connectivity index (χ4n) is 3.15. The van der Waals surface area contributed by atoms with E-state index in [-0.39, 0.29) is 5.82 Å². The summed E-state index contributed by atoms with van der Waals surface area (Å²) in [5.74, 6) is 0.0678. The van der Waals surface area contributed by atoms with Gasteiger partial charge in [-0.2, -0.15) is 10.4 Å². The van der Waals surface area contributed by atoms with E-state index >= 15 is 0 Å². The molecule has 134 valence electrons. The Balaban J connectivity index is 1.97. The predicted octanol–water partition coefficient (Wildman–Crippen LogP) is 3.98. The minimum Gasteiger partial charge on any atom is -0.453 e. The van der Waals surface area contributed by atoms with E-state index in [2.05, 4.69) is 11.2 Å². The van der Waals surface area contributed by atoms with Gasteiger partial charge in [0, 0.05) is 10.6 Å². The number of aromatic nitrogens is 2. The summed E-state index contributed by atoms with van der Waals surface area (Å²) in [7, 11) is 0. The lowest BCUT2D eigenvalue weighted by atomic mass is 9.91. The smallest absolute Gasteiger partial charge is 0.226 e. The third-order valence-electron chi connectivity index (χ3n) is 4.39. The van der Waals surface area contributed by atoms with Gasteiger partial charge >= 0.3 is 0 Å². The number of nitrogens with two attached hydrogens (primary N) is 1. The van der Waals surface area contributed by atoms with Gasteiger partial charge in [0.25, 0.3) is 0 Å². The molecular formula is C20H14ClFN4O. The molecule has 0 aliphatic carbocycles. The first kappa shape index (κ1) is 17.3. The highest BCUT2D eigenvalue weighted by Gasteiger charge is 2.33. The summed E-state index contributed by atoms with van der Waals surface area (Å²) in [6, 6.07) is 15.2. The topological polar surface area (TPSA) is 76.9 Å². The number of fused-ring (bicyclic) bond motifs is 1. The first-order valence-corrected chi connectivity index (χ1v) is 8.55. The second-order valence-electron chi connectivity index (χ2n) is 6.10. The lowest BCUT2D eigenvalue weighted by molar-refractivity contribution is 0.228. The van der Waals surface area contributed by atoms with E-state index in [9.17, 15) is 9.65 Å². The average molecular weight is 381 g/mol. The molecule has 0 saturated carbocycles. The Kier molecular flexibility index (Phi) is 4.19. The maximum absolute atomic E-state index is 13.3. The molecule has 1 unspecified atom stereocenters. The summed E-state index contributed by atoms with van der Waals surface area (Å²) in [6.07, 6.45) is -0.941. The van der Waals surface area contributed by atoms with Crippen LogP contribution < -0.4 is 10.5 Å². The van der Waals surface area contributed by atoms with Gasteiger partial charge in [-0.05, 0) is 48.9 Å². The average Bonchev–Trinajstić information content (AvgIpc) is 2.98. The number of halogens is 2. The van der Waals surface area contributed by atoms with Crippen LogP contribution in [0.1, 0.15) is 16.8 Å². The molecule has 1 atom stereocenters. The Morgan fingerprint density at radius 3 is 2.48 bits per heavy atom. The molecule has 2 N–H and O–H groups in total. The number of rotatable bonds is 2. The first-order chi connectivity index (χ1) is 13.0. The molecule has 1 aliphatic heterocycles. The third kappa shape index (κ3) is 2.87. The Morgan fingerprint density at radius 2 is 1.85 bits per heavy atom. The molecule has 2 heterocycles. The number of hydrogen-bond acceptors (Lipinski definition) is 4. The van der Waals surface area contributed by atoms with Crippen molar-refractivity contribution in [2.24, 2.45) is 5.73 Å². The molecule has 2 aromatic carbocycles. The normalized spacial score (nSPS) is 15.9. The van der Waals surface area contributed by atoms with Crippen molar-refractivity contribution in [3.8, 4) is 17.6 Å². The van der Waals surface area contributed by atoms with Gasteiger partial charge in [0.2, 0.25) is 5.88 Å². The maximum Gasteiger partial charge on any atom is 0.226 e. The number of ether oxygens (including phenoxy) is 1. The van der Waals surface area contributed by atoms with Crippen molar-refractivity contribution in [2.45, 2.75) is 13.2 Å². The van der Waals surface area contributed by atoms with Crippen molar-refractivity contribution in [2.75, 3.05) is 0 Å². The van der Waals surface area contributed by atoms with Crippen LogP contribution in [0.15, 0.2) is 54.1 Å². The van der Waals surface area contributed by atoms with Crippen LogP contribution in [0.2, 0.25) is 5.02 Å². The van der Waals surface area contributed by atoms with E-state index in [4.69, 9.17) is 22.1 Å². The zero-order valence-electron chi connectivity index (χ0n) is 14.3. The highest BCUT2D eigenvalue weighted by Crippen LogP contribution is 2.41. The summed E-state index contributed by atoms with van der Waals surface area (Å²) in [4.78, 5) is 0. The Morgan fingerprint density at radius 1 is 1.19 bits per heavy atom. The van der Waals surface area contributed by atoms with Gasteiger partial charge in [-0.1, -0.05) is 23.7 Å². The molecule has 0 spiro atoms. The van der Waals surface area contributed by atoms with E-state index in [1.807, 2.05) is 19.1 Å². The molecule has 0 amide bonds. The first-order valence-electron chi connectivity index (χ1n) is 8.18. The third-order valence-corrected chi connectivity index (χ3v) is 4.64. The van der Waals surface area contributed by atoms with Crippen LogP contribution in [0, 0.1) is 24.1 Å². The van der Waals surface area contributed by atoms with Gasteiger partial charge in [-0.3, -0.25) is 5.73 Å². The maximum atomic E-state index is 13.3. The Bertz CT molecular complexity index is 1090. The number of benzene rings is 2. The zero-order chi connectivity index (χ0) is 19.1. The molecule has 1 aromatic heterocycles. The number of nitriles is 1. The fraction of sp³-hybridized carbons (Fsp3) is 0.100. The van der Waals surface area contributed by atoms with Gasteiger partial charge in [-0.25, -0.2) is 9.07 Å². The van der Waals surface area contributed by atoms with Crippen molar-refractivity contribution >= 4 is 17.2 Å². The second-order valence-corrected chi connectivity index (χ2v) is 6.54. The SMILES string of the molecule is Cc1nn(-c2ccc(F)cc2)c2c1C(c1ccc(Cl)cc1)=C(C#N)C(N)O2. The van der Waals surface area contributed by atoms with Crippen molar-refractivity contribution in [1.82, 2.24) is 9.78 Å². The number of hydrogen-bond donors (Lipinski definition) is 1. The highest BCUT2D eigenvalue weighted by molar-refractivity contribution is 6.30. The molecule has 27 heavy (non-hydrogen) atoms. The minimum absolute atomic E-state index is 0.312. The van der Waals surface area contributed by atoms with Crippen molar-refractivity contribution in [3.05, 3.63) is 81.8 Å². The van der Waals surface area contributed by atoms with E-state index in [1.165, 1.54) is 12.1 Å². The summed E-state index contributed by atoms with van der Waals surface area (Å²) >= 11 is 6.00. The van der Waals surface area contributed by atoms with E-state index < -0.39 is 6.23 Å². The Labute approximate surface area is 160 Å². The van der Waals surface area contributed by atoms with E-state index in [0.717, 1.165) is 5.56 Å². The largest absolute Gasteiger partial charge is 0.453 e. The summed E-state index contributed by atoms with van der Waals surface area (Å²) in [5.41, 5.74) is 9.85. The Hall–Kier alpha value is -3.14. The van der Waals surface area contributed by atoms with Gasteiger partial charge < -0.3 is 4.74 Å².